The van der Waals surface area contributed by atoms with Gasteiger partial charge in [0, 0.05) is 18.0 Å². The van der Waals surface area contributed by atoms with E-state index in [-0.39, 0.29) is 0 Å². The third-order valence-corrected chi connectivity index (χ3v) is 5.64. The van der Waals surface area contributed by atoms with E-state index in [2.05, 4.69) is 35.7 Å². The lowest BCUT2D eigenvalue weighted by Crippen LogP contribution is -2.00. The maximum atomic E-state index is 6.45. The first-order valence-corrected chi connectivity index (χ1v) is 10.5. The molecule has 0 saturated heterocycles. The van der Waals surface area contributed by atoms with Crippen LogP contribution in [0, 0.1) is 13.8 Å². The molecule has 1 fully saturated rings. The zero-order valence-corrected chi connectivity index (χ0v) is 17.7. The van der Waals surface area contributed by atoms with Crippen LogP contribution in [0.1, 0.15) is 35.4 Å². The number of pyridine rings is 2. The summed E-state index contributed by atoms with van der Waals surface area (Å²) in [6, 6.07) is 10.2. The summed E-state index contributed by atoms with van der Waals surface area (Å²) in [5.74, 6) is 2.11. The van der Waals surface area contributed by atoms with Crippen LogP contribution in [0.3, 0.4) is 0 Å². The lowest BCUT2D eigenvalue weighted by atomic mass is 10.0. The van der Waals surface area contributed by atoms with Crippen LogP contribution in [0.25, 0.3) is 11.3 Å². The van der Waals surface area contributed by atoms with E-state index in [0.717, 1.165) is 27.5 Å². The number of ether oxygens (including phenoxy) is 1. The van der Waals surface area contributed by atoms with E-state index in [1.165, 1.54) is 35.9 Å². The Morgan fingerprint density at radius 3 is 2.68 bits per heavy atom. The van der Waals surface area contributed by atoms with Crippen LogP contribution in [0.5, 0.6) is 11.6 Å². The molecule has 0 atom stereocenters. The van der Waals surface area contributed by atoms with E-state index in [9.17, 15) is 0 Å². The maximum Gasteiger partial charge on any atom is 0.234 e. The van der Waals surface area contributed by atoms with Crippen LogP contribution in [0.2, 0.25) is 5.02 Å². The molecule has 1 aliphatic rings. The largest absolute Gasteiger partial charge is 0.437 e. The molecule has 0 spiro atoms. The third-order valence-electron chi connectivity index (χ3n) is 4.70. The SMILES string of the molecule is CNSc1ccc(-c2cncc(Cl)c2)nc1Oc1c(C)cc(C)cc1C1CC1. The van der Waals surface area contributed by atoms with Crippen molar-refractivity contribution in [2.75, 3.05) is 7.05 Å². The van der Waals surface area contributed by atoms with Crippen molar-refractivity contribution >= 4 is 23.5 Å². The summed E-state index contributed by atoms with van der Waals surface area (Å²) in [6.45, 7) is 4.24. The molecule has 0 aliphatic heterocycles. The van der Waals surface area contributed by atoms with Crippen LogP contribution in [0.4, 0.5) is 0 Å². The number of aromatic nitrogens is 2. The lowest BCUT2D eigenvalue weighted by molar-refractivity contribution is 0.442. The number of nitrogens with one attached hydrogen (secondary N) is 1. The Bertz CT molecular complexity index is 1020. The van der Waals surface area contributed by atoms with Crippen molar-refractivity contribution in [1.29, 1.82) is 0 Å². The van der Waals surface area contributed by atoms with Gasteiger partial charge >= 0.3 is 0 Å². The predicted octanol–water partition coefficient (Wildman–Crippen LogP) is 6.31. The molecule has 4 nitrogen and oxygen atoms in total. The molecule has 1 saturated carbocycles. The molecule has 6 heteroatoms. The van der Waals surface area contributed by atoms with Gasteiger partial charge < -0.3 is 4.74 Å². The average Bonchev–Trinajstić information content (AvgIpc) is 3.50. The number of aryl methyl sites for hydroxylation is 2. The third kappa shape index (κ3) is 4.17. The van der Waals surface area contributed by atoms with Crippen LogP contribution in [-0.4, -0.2) is 17.0 Å². The van der Waals surface area contributed by atoms with Crippen LogP contribution >= 0.6 is 23.5 Å². The topological polar surface area (TPSA) is 47.0 Å². The van der Waals surface area contributed by atoms with Crippen LogP contribution in [0.15, 0.2) is 47.6 Å². The minimum atomic E-state index is 0.584. The second-order valence-corrected chi connectivity index (χ2v) is 8.56. The zero-order valence-electron chi connectivity index (χ0n) is 16.1. The number of hydrogen-bond donors (Lipinski definition) is 1. The Labute approximate surface area is 174 Å². The molecule has 1 aliphatic carbocycles. The van der Waals surface area contributed by atoms with Gasteiger partial charge in [-0.05, 0) is 80.9 Å². The Balaban J connectivity index is 1.77. The molecular weight excluding hydrogens is 390 g/mol. The normalized spacial score (nSPS) is 13.6. The Kier molecular flexibility index (Phi) is 5.58. The van der Waals surface area contributed by atoms with E-state index >= 15 is 0 Å². The highest BCUT2D eigenvalue weighted by Crippen LogP contribution is 2.47. The summed E-state index contributed by atoms with van der Waals surface area (Å²) in [7, 11) is 1.88. The molecule has 1 N–H and O–H groups in total. The number of halogens is 1. The second-order valence-electron chi connectivity index (χ2n) is 7.07. The van der Waals surface area contributed by atoms with Gasteiger partial charge in [0.2, 0.25) is 5.88 Å². The Morgan fingerprint density at radius 1 is 1.14 bits per heavy atom. The minimum absolute atomic E-state index is 0.584. The van der Waals surface area contributed by atoms with Gasteiger partial charge in [0.1, 0.15) is 5.75 Å². The molecule has 28 heavy (non-hydrogen) atoms. The monoisotopic (exact) mass is 411 g/mol. The summed E-state index contributed by atoms with van der Waals surface area (Å²) in [5, 5.41) is 0.584. The first-order chi connectivity index (χ1) is 13.5. The van der Waals surface area contributed by atoms with Gasteiger partial charge in [-0.2, -0.15) is 0 Å². The quantitative estimate of drug-likeness (QED) is 0.481. The molecule has 0 bridgehead atoms. The van der Waals surface area contributed by atoms with Crippen molar-refractivity contribution in [1.82, 2.24) is 14.7 Å². The van der Waals surface area contributed by atoms with E-state index in [4.69, 9.17) is 21.3 Å². The van der Waals surface area contributed by atoms with Crippen LogP contribution in [-0.2, 0) is 0 Å². The van der Waals surface area contributed by atoms with E-state index in [1.54, 1.807) is 12.4 Å². The van der Waals surface area contributed by atoms with Crippen molar-refractivity contribution in [2.45, 2.75) is 37.5 Å². The van der Waals surface area contributed by atoms with Gasteiger partial charge in [0.25, 0.3) is 0 Å². The summed E-state index contributed by atoms with van der Waals surface area (Å²) in [5.41, 5.74) is 5.33. The van der Waals surface area contributed by atoms with Gasteiger partial charge in [0.05, 0.1) is 15.6 Å². The second kappa shape index (κ2) is 8.11. The fourth-order valence-corrected chi connectivity index (χ4v) is 4.03. The molecular formula is C22H22ClN3OS. The fourth-order valence-electron chi connectivity index (χ4n) is 3.32. The van der Waals surface area contributed by atoms with Crippen LogP contribution < -0.4 is 9.46 Å². The standard InChI is InChI=1S/C22H22ClN3OS/c1-13-8-14(2)21(18(9-13)15-4-5-15)27-22-20(28-24-3)7-6-19(26-22)16-10-17(23)12-25-11-16/h6-12,15,24H,4-5H2,1-3H3. The highest BCUT2D eigenvalue weighted by Gasteiger charge is 2.28. The van der Waals surface area contributed by atoms with Gasteiger partial charge in [0.15, 0.2) is 0 Å². The molecule has 2 heterocycles. The molecule has 1 aromatic carbocycles. The van der Waals surface area contributed by atoms with Crippen molar-refractivity contribution in [3.05, 3.63) is 64.4 Å². The summed E-state index contributed by atoms with van der Waals surface area (Å²) in [4.78, 5) is 9.91. The highest BCUT2D eigenvalue weighted by molar-refractivity contribution is 7.97. The van der Waals surface area contributed by atoms with E-state index in [1.807, 2.05) is 25.2 Å². The molecule has 3 aromatic rings. The molecule has 0 amide bonds. The molecule has 4 rings (SSSR count). The number of rotatable bonds is 6. The van der Waals surface area contributed by atoms with E-state index in [0.29, 0.717) is 16.8 Å². The first kappa shape index (κ1) is 19.2. The molecule has 0 unspecified atom stereocenters. The summed E-state index contributed by atoms with van der Waals surface area (Å²) < 4.78 is 9.56. The molecule has 2 aromatic heterocycles. The van der Waals surface area contributed by atoms with Crippen molar-refractivity contribution in [2.24, 2.45) is 0 Å². The number of nitrogens with zero attached hydrogens (tertiary/aromatic N) is 2. The predicted molar refractivity (Wildman–Crippen MR) is 115 cm³/mol. The highest BCUT2D eigenvalue weighted by atomic mass is 35.5. The van der Waals surface area contributed by atoms with Crippen molar-refractivity contribution < 1.29 is 4.74 Å². The number of hydrogen-bond acceptors (Lipinski definition) is 5. The van der Waals surface area contributed by atoms with E-state index < -0.39 is 0 Å². The maximum absolute atomic E-state index is 6.45. The number of benzene rings is 1. The van der Waals surface area contributed by atoms with Gasteiger partial charge in [-0.3, -0.25) is 9.71 Å². The zero-order chi connectivity index (χ0) is 19.7. The average molecular weight is 412 g/mol. The molecule has 0 radical (unpaired) electrons. The van der Waals surface area contributed by atoms with Crippen molar-refractivity contribution in [3.8, 4) is 22.9 Å². The first-order valence-electron chi connectivity index (χ1n) is 9.29. The lowest BCUT2D eigenvalue weighted by Gasteiger charge is -2.17. The van der Waals surface area contributed by atoms with Gasteiger partial charge in [-0.15, -0.1) is 0 Å². The van der Waals surface area contributed by atoms with Gasteiger partial charge in [-0.25, -0.2) is 4.98 Å². The summed E-state index contributed by atoms with van der Waals surface area (Å²) in [6.07, 6.45) is 5.82. The molecule has 144 valence electrons. The Morgan fingerprint density at radius 2 is 1.96 bits per heavy atom. The fraction of sp³-hybridized carbons (Fsp3) is 0.273. The smallest absolute Gasteiger partial charge is 0.234 e. The Hall–Kier alpha value is -2.08. The minimum Gasteiger partial charge on any atom is -0.437 e. The van der Waals surface area contributed by atoms with Gasteiger partial charge in [-0.1, -0.05) is 29.3 Å². The van der Waals surface area contributed by atoms with Crippen molar-refractivity contribution in [3.63, 3.8) is 0 Å². The summed E-state index contributed by atoms with van der Waals surface area (Å²) >= 11 is 7.60.